The fourth-order valence-corrected chi connectivity index (χ4v) is 4.59. The largest absolute Gasteiger partial charge is 0.340 e. The van der Waals surface area contributed by atoms with Gasteiger partial charge in [0.2, 0.25) is 5.95 Å². The number of nitrogens with zero attached hydrogens (tertiary/aromatic N) is 5. The van der Waals surface area contributed by atoms with Gasteiger partial charge in [-0.3, -0.25) is 14.8 Å². The Morgan fingerprint density at radius 2 is 1.74 bits per heavy atom. The molecule has 9 nitrogen and oxygen atoms in total. The van der Waals surface area contributed by atoms with Gasteiger partial charge in [0.15, 0.2) is 0 Å². The number of aryl methyl sites for hydroxylation is 1. The number of anilines is 4. The average Bonchev–Trinajstić information content (AvgIpc) is 2.96. The minimum Gasteiger partial charge on any atom is -0.340 e. The van der Waals surface area contributed by atoms with Crippen LogP contribution in [0.4, 0.5) is 27.5 Å². The number of carbonyl (C=O) groups is 1. The molecule has 1 aliphatic heterocycles. The number of amides is 1. The van der Waals surface area contributed by atoms with E-state index in [1.165, 1.54) is 6.07 Å². The van der Waals surface area contributed by atoms with Crippen molar-refractivity contribution >= 4 is 29.0 Å². The number of halogens is 1. The van der Waals surface area contributed by atoms with Crippen LogP contribution in [-0.4, -0.2) is 49.9 Å². The summed E-state index contributed by atoms with van der Waals surface area (Å²) >= 11 is 0. The highest BCUT2D eigenvalue weighted by atomic mass is 19.1. The topological polar surface area (TPSA) is 108 Å². The molecule has 1 saturated heterocycles. The monoisotopic (exact) mass is 526 g/mol. The van der Waals surface area contributed by atoms with Gasteiger partial charge < -0.3 is 20.9 Å². The lowest BCUT2D eigenvalue weighted by molar-refractivity contribution is 0.0702. The average molecular weight is 527 g/mol. The summed E-state index contributed by atoms with van der Waals surface area (Å²) < 4.78 is 13.5. The Morgan fingerprint density at radius 3 is 2.46 bits per heavy atom. The standard InChI is InChI=1S/C29H31FN8O/c1-19-17-24(7-8-25(19)30)35-27-9-12-33-29(37-27)36-22-5-3-21(4-6-22)28(39)38-15-10-23(11-16-38)34-20(2)26-18-31-13-14-32-26/h3-9,12-14,17-18,20,23,34H,10-11,15-16H2,1-2H3,(H2,33,35,36,37). The molecule has 200 valence electrons. The van der Waals surface area contributed by atoms with Gasteiger partial charge in [0.1, 0.15) is 11.6 Å². The first-order valence-electron chi connectivity index (χ1n) is 13.0. The first-order valence-corrected chi connectivity index (χ1v) is 13.0. The first-order chi connectivity index (χ1) is 18.9. The number of hydrogen-bond acceptors (Lipinski definition) is 8. The molecule has 1 unspecified atom stereocenters. The third-order valence-electron chi connectivity index (χ3n) is 6.77. The second-order valence-electron chi connectivity index (χ2n) is 9.64. The van der Waals surface area contributed by atoms with E-state index in [0.717, 1.165) is 29.9 Å². The predicted molar refractivity (Wildman–Crippen MR) is 149 cm³/mol. The molecule has 39 heavy (non-hydrogen) atoms. The van der Waals surface area contributed by atoms with Crippen LogP contribution in [0.3, 0.4) is 0 Å². The van der Waals surface area contributed by atoms with Gasteiger partial charge in [0.25, 0.3) is 5.91 Å². The Balaban J connectivity index is 1.13. The quantitative estimate of drug-likeness (QED) is 0.289. The maximum atomic E-state index is 13.5. The van der Waals surface area contributed by atoms with Crippen molar-refractivity contribution < 1.29 is 9.18 Å². The lowest BCUT2D eigenvalue weighted by Crippen LogP contribution is -2.45. The Morgan fingerprint density at radius 1 is 0.974 bits per heavy atom. The summed E-state index contributed by atoms with van der Waals surface area (Å²) in [7, 11) is 0. The van der Waals surface area contributed by atoms with E-state index in [0.29, 0.717) is 42.0 Å². The summed E-state index contributed by atoms with van der Waals surface area (Å²) in [6.45, 7) is 5.20. The van der Waals surface area contributed by atoms with Gasteiger partial charge in [-0.1, -0.05) is 0 Å². The Bertz CT molecular complexity index is 1410. The molecular formula is C29H31FN8O. The Kier molecular flexibility index (Phi) is 8.02. The zero-order chi connectivity index (χ0) is 27.2. The summed E-state index contributed by atoms with van der Waals surface area (Å²) in [6.07, 6.45) is 8.56. The highest BCUT2D eigenvalue weighted by molar-refractivity contribution is 5.94. The second-order valence-corrected chi connectivity index (χ2v) is 9.64. The molecule has 4 aromatic rings. The molecule has 0 spiro atoms. The molecule has 1 aliphatic rings. The Hall–Kier alpha value is -4.44. The maximum absolute atomic E-state index is 13.5. The third kappa shape index (κ3) is 6.71. The smallest absolute Gasteiger partial charge is 0.253 e. The number of rotatable bonds is 8. The van der Waals surface area contributed by atoms with Crippen molar-refractivity contribution in [2.75, 3.05) is 23.7 Å². The van der Waals surface area contributed by atoms with Gasteiger partial charge in [-0.2, -0.15) is 4.98 Å². The van der Waals surface area contributed by atoms with Crippen LogP contribution in [-0.2, 0) is 0 Å². The van der Waals surface area contributed by atoms with Gasteiger partial charge >= 0.3 is 0 Å². The zero-order valence-corrected chi connectivity index (χ0v) is 21.9. The van der Waals surface area contributed by atoms with E-state index in [2.05, 4.69) is 42.8 Å². The molecule has 5 rings (SSSR count). The minimum atomic E-state index is -0.252. The number of piperidine rings is 1. The van der Waals surface area contributed by atoms with Crippen LogP contribution < -0.4 is 16.0 Å². The molecule has 0 aliphatic carbocycles. The molecule has 2 aromatic carbocycles. The number of hydrogen-bond donors (Lipinski definition) is 3. The molecule has 1 atom stereocenters. The number of aromatic nitrogens is 4. The summed E-state index contributed by atoms with van der Waals surface area (Å²) in [5.74, 6) is 0.759. The lowest BCUT2D eigenvalue weighted by Gasteiger charge is -2.34. The van der Waals surface area contributed by atoms with Crippen molar-refractivity contribution in [2.24, 2.45) is 0 Å². The van der Waals surface area contributed by atoms with Crippen molar-refractivity contribution in [3.63, 3.8) is 0 Å². The first kappa shape index (κ1) is 26.2. The SMILES string of the molecule is Cc1cc(Nc2ccnc(Nc3ccc(C(=O)N4CCC(NC(C)c5cnccn5)CC4)cc3)n2)ccc1F. The van der Waals surface area contributed by atoms with E-state index in [9.17, 15) is 9.18 Å². The molecule has 0 saturated carbocycles. The second kappa shape index (κ2) is 12.0. The third-order valence-corrected chi connectivity index (χ3v) is 6.77. The van der Waals surface area contributed by atoms with Crippen molar-refractivity contribution in [3.05, 3.63) is 96.0 Å². The van der Waals surface area contributed by atoms with E-state index in [-0.39, 0.29) is 17.8 Å². The molecule has 10 heteroatoms. The molecule has 1 fully saturated rings. The summed E-state index contributed by atoms with van der Waals surface area (Å²) in [6, 6.07) is 14.3. The van der Waals surface area contributed by atoms with Crippen LogP contribution in [0.1, 0.15) is 47.4 Å². The van der Waals surface area contributed by atoms with Crippen molar-refractivity contribution in [2.45, 2.75) is 38.8 Å². The van der Waals surface area contributed by atoms with Crippen LogP contribution in [0, 0.1) is 12.7 Å². The normalized spacial score (nSPS) is 14.6. The molecule has 0 bridgehead atoms. The van der Waals surface area contributed by atoms with E-state index in [1.54, 1.807) is 49.9 Å². The fourth-order valence-electron chi connectivity index (χ4n) is 4.59. The molecule has 2 aromatic heterocycles. The fraction of sp³-hybridized carbons (Fsp3) is 0.276. The lowest BCUT2D eigenvalue weighted by atomic mass is 10.0. The van der Waals surface area contributed by atoms with Gasteiger partial charge in [0.05, 0.1) is 5.69 Å². The number of nitrogens with one attached hydrogen (secondary N) is 3. The van der Waals surface area contributed by atoms with Crippen molar-refractivity contribution in [3.8, 4) is 0 Å². The Labute approximate surface area is 226 Å². The summed E-state index contributed by atoms with van der Waals surface area (Å²) in [5.41, 5.74) is 3.61. The van der Waals surface area contributed by atoms with Crippen molar-refractivity contribution in [1.82, 2.24) is 30.2 Å². The molecule has 1 amide bonds. The van der Waals surface area contributed by atoms with E-state index < -0.39 is 0 Å². The van der Waals surface area contributed by atoms with Crippen LogP contribution in [0.25, 0.3) is 0 Å². The maximum Gasteiger partial charge on any atom is 0.253 e. The van der Waals surface area contributed by atoms with Crippen molar-refractivity contribution in [1.29, 1.82) is 0 Å². The molecule has 3 heterocycles. The highest BCUT2D eigenvalue weighted by Gasteiger charge is 2.25. The number of likely N-dealkylation sites (tertiary alicyclic amines) is 1. The highest BCUT2D eigenvalue weighted by Crippen LogP contribution is 2.22. The van der Waals surface area contributed by atoms with Crippen LogP contribution in [0.15, 0.2) is 73.3 Å². The predicted octanol–water partition coefficient (Wildman–Crippen LogP) is 5.16. The van der Waals surface area contributed by atoms with Gasteiger partial charge in [0, 0.05) is 66.9 Å². The zero-order valence-electron chi connectivity index (χ0n) is 21.9. The summed E-state index contributed by atoms with van der Waals surface area (Å²) in [5, 5.41) is 9.94. The van der Waals surface area contributed by atoms with Crippen LogP contribution in [0.5, 0.6) is 0 Å². The van der Waals surface area contributed by atoms with E-state index >= 15 is 0 Å². The number of carbonyl (C=O) groups excluding carboxylic acids is 1. The van der Waals surface area contributed by atoms with Gasteiger partial charge in [-0.15, -0.1) is 0 Å². The number of benzene rings is 2. The van der Waals surface area contributed by atoms with Gasteiger partial charge in [-0.05, 0) is 80.8 Å². The van der Waals surface area contributed by atoms with Gasteiger partial charge in [-0.25, -0.2) is 9.37 Å². The molecule has 3 N–H and O–H groups in total. The molecule has 0 radical (unpaired) electrons. The van der Waals surface area contributed by atoms with E-state index in [1.807, 2.05) is 29.2 Å². The molecular weight excluding hydrogens is 495 g/mol. The van der Waals surface area contributed by atoms with E-state index in [4.69, 9.17) is 0 Å². The minimum absolute atomic E-state index is 0.0269. The van der Waals surface area contributed by atoms with Crippen LogP contribution in [0.2, 0.25) is 0 Å². The summed E-state index contributed by atoms with van der Waals surface area (Å²) in [4.78, 5) is 32.3. The van der Waals surface area contributed by atoms with Crippen LogP contribution >= 0.6 is 0 Å².